The molecule has 2 N–H and O–H groups in total. The summed E-state index contributed by atoms with van der Waals surface area (Å²) in [5.41, 5.74) is 0.195. The zero-order valence-corrected chi connectivity index (χ0v) is 13.9. The molecule has 3 heteroatoms. The Balaban J connectivity index is 1.69. The zero-order valence-electron chi connectivity index (χ0n) is 13.9. The van der Waals surface area contributed by atoms with E-state index in [1.54, 1.807) is 0 Å². The number of hydrogen-bond donors (Lipinski definition) is 2. The highest BCUT2D eigenvalue weighted by Gasteiger charge is 2.62. The van der Waals surface area contributed by atoms with Crippen LogP contribution in [0.3, 0.4) is 0 Å². The van der Waals surface area contributed by atoms with Crippen molar-refractivity contribution in [2.24, 2.45) is 34.5 Å². The van der Waals surface area contributed by atoms with Gasteiger partial charge in [-0.25, -0.2) is 0 Å². The Hall–Kier alpha value is -0.410. The predicted molar refractivity (Wildman–Crippen MR) is 84.1 cm³/mol. The van der Waals surface area contributed by atoms with Crippen LogP contribution in [-0.2, 0) is 4.79 Å². The van der Waals surface area contributed by atoms with Gasteiger partial charge in [-0.1, -0.05) is 13.8 Å². The van der Waals surface area contributed by atoms with E-state index in [-0.39, 0.29) is 29.0 Å². The first kappa shape index (κ1) is 15.1. The minimum atomic E-state index is -0.218. The monoisotopic (exact) mass is 306 g/mol. The van der Waals surface area contributed by atoms with Crippen LogP contribution in [0.15, 0.2) is 0 Å². The van der Waals surface area contributed by atoms with E-state index in [9.17, 15) is 15.0 Å². The van der Waals surface area contributed by atoms with Gasteiger partial charge in [0.2, 0.25) is 0 Å². The van der Waals surface area contributed by atoms with Crippen molar-refractivity contribution >= 4 is 5.78 Å². The molecule has 0 aliphatic heterocycles. The summed E-state index contributed by atoms with van der Waals surface area (Å²) < 4.78 is 0. The van der Waals surface area contributed by atoms with Gasteiger partial charge in [0.1, 0.15) is 5.78 Å². The third kappa shape index (κ3) is 1.84. The zero-order chi connectivity index (χ0) is 15.7. The molecule has 4 rings (SSSR count). The van der Waals surface area contributed by atoms with Crippen LogP contribution in [-0.4, -0.2) is 28.2 Å². The van der Waals surface area contributed by atoms with Gasteiger partial charge in [-0.3, -0.25) is 4.79 Å². The Morgan fingerprint density at radius 1 is 0.955 bits per heavy atom. The third-order valence-electron chi connectivity index (χ3n) is 8.39. The topological polar surface area (TPSA) is 57.5 Å². The molecule has 0 unspecified atom stereocenters. The number of carbonyl (C=O) groups is 1. The minimum Gasteiger partial charge on any atom is -0.393 e. The van der Waals surface area contributed by atoms with Gasteiger partial charge in [-0.15, -0.1) is 0 Å². The summed E-state index contributed by atoms with van der Waals surface area (Å²) in [6.07, 6.45) is 7.07. The lowest BCUT2D eigenvalue weighted by Gasteiger charge is -2.59. The van der Waals surface area contributed by atoms with Gasteiger partial charge in [0, 0.05) is 12.3 Å². The predicted octanol–water partition coefficient (Wildman–Crippen LogP) is 2.93. The number of aliphatic hydroxyl groups excluding tert-OH is 2. The van der Waals surface area contributed by atoms with Crippen molar-refractivity contribution in [1.82, 2.24) is 0 Å². The van der Waals surface area contributed by atoms with Gasteiger partial charge in [0.15, 0.2) is 0 Å². The molecule has 22 heavy (non-hydrogen) atoms. The normalized spacial score (nSPS) is 57.9. The molecule has 0 aromatic heterocycles. The van der Waals surface area contributed by atoms with Gasteiger partial charge in [0.05, 0.1) is 12.2 Å². The highest BCUT2D eigenvalue weighted by molar-refractivity contribution is 5.83. The van der Waals surface area contributed by atoms with Crippen LogP contribution in [0, 0.1) is 34.5 Å². The Morgan fingerprint density at radius 3 is 2.41 bits per heavy atom. The fraction of sp³-hybridized carbons (Fsp3) is 0.947. The number of rotatable bonds is 0. The van der Waals surface area contributed by atoms with E-state index in [4.69, 9.17) is 0 Å². The van der Waals surface area contributed by atoms with Crippen molar-refractivity contribution in [3.63, 3.8) is 0 Å². The molecule has 0 amide bonds. The van der Waals surface area contributed by atoms with Crippen LogP contribution < -0.4 is 0 Å². The maximum atomic E-state index is 13.0. The lowest BCUT2D eigenvalue weighted by Crippen LogP contribution is -2.57. The standard InChI is InChI=1S/C19H30O3/c1-18-7-5-12(20)9-11(18)10-15(21)17-13-3-4-16(22)19(13,2)8-6-14(17)18/h11-14,16-17,20,22H,3-10H2,1-2H3/t11-,12-,13-,14-,16+,17-,18+,19+/m1/s1. The van der Waals surface area contributed by atoms with Crippen LogP contribution in [0.4, 0.5) is 0 Å². The van der Waals surface area contributed by atoms with E-state index in [1.165, 1.54) is 0 Å². The van der Waals surface area contributed by atoms with Crippen LogP contribution in [0.5, 0.6) is 0 Å². The second kappa shape index (κ2) is 4.80. The van der Waals surface area contributed by atoms with E-state index in [1.807, 2.05) is 0 Å². The maximum absolute atomic E-state index is 13.0. The molecular weight excluding hydrogens is 276 g/mol. The molecule has 4 fully saturated rings. The average Bonchev–Trinajstić information content (AvgIpc) is 2.77. The lowest BCUT2D eigenvalue weighted by molar-refractivity contribution is -0.162. The number of fused-ring (bicyclic) bond motifs is 5. The molecule has 0 saturated heterocycles. The number of carbonyl (C=O) groups excluding carboxylic acids is 1. The van der Waals surface area contributed by atoms with E-state index in [0.29, 0.717) is 30.0 Å². The highest BCUT2D eigenvalue weighted by atomic mass is 16.3. The van der Waals surface area contributed by atoms with Crippen molar-refractivity contribution in [2.75, 3.05) is 0 Å². The molecule has 8 atom stereocenters. The van der Waals surface area contributed by atoms with Crippen molar-refractivity contribution < 1.29 is 15.0 Å². The van der Waals surface area contributed by atoms with Crippen LogP contribution in [0.2, 0.25) is 0 Å². The van der Waals surface area contributed by atoms with E-state index >= 15 is 0 Å². The van der Waals surface area contributed by atoms with Crippen LogP contribution >= 0.6 is 0 Å². The Labute approximate surface area is 133 Å². The lowest BCUT2D eigenvalue weighted by atomic mass is 9.45. The molecule has 0 spiro atoms. The first-order chi connectivity index (χ1) is 10.4. The summed E-state index contributed by atoms with van der Waals surface area (Å²) in [5.74, 6) is 1.85. The average molecular weight is 306 g/mol. The summed E-state index contributed by atoms with van der Waals surface area (Å²) in [4.78, 5) is 13.0. The van der Waals surface area contributed by atoms with Gasteiger partial charge in [-0.05, 0) is 73.5 Å². The molecular formula is C19H30O3. The summed E-state index contributed by atoms with van der Waals surface area (Å²) >= 11 is 0. The van der Waals surface area contributed by atoms with Gasteiger partial charge < -0.3 is 10.2 Å². The minimum absolute atomic E-state index is 0.0335. The van der Waals surface area contributed by atoms with E-state index in [0.717, 1.165) is 44.9 Å². The fourth-order valence-corrected chi connectivity index (χ4v) is 6.88. The van der Waals surface area contributed by atoms with Crippen molar-refractivity contribution in [2.45, 2.75) is 77.4 Å². The van der Waals surface area contributed by atoms with Crippen LogP contribution in [0.1, 0.15) is 65.2 Å². The molecule has 0 heterocycles. The molecule has 0 bridgehead atoms. The SMILES string of the molecule is C[C@]12CC[C@@H](O)C[C@@H]1CC(=O)[C@H]1[C@H]2CC[C@@]2(C)[C@@H]1CC[C@@H]2O. The quantitative estimate of drug-likeness (QED) is 0.723. The smallest absolute Gasteiger partial charge is 0.136 e. The Morgan fingerprint density at radius 2 is 1.64 bits per heavy atom. The van der Waals surface area contributed by atoms with Gasteiger partial charge in [0.25, 0.3) is 0 Å². The first-order valence-electron chi connectivity index (χ1n) is 9.25. The van der Waals surface area contributed by atoms with Crippen LogP contribution in [0.25, 0.3) is 0 Å². The fourth-order valence-electron chi connectivity index (χ4n) is 6.88. The Kier molecular flexibility index (Phi) is 3.30. The molecule has 3 nitrogen and oxygen atoms in total. The molecule has 0 aromatic rings. The molecule has 0 radical (unpaired) electrons. The number of aliphatic hydroxyl groups is 2. The van der Waals surface area contributed by atoms with Gasteiger partial charge >= 0.3 is 0 Å². The Bertz CT molecular complexity index is 489. The number of ketones is 1. The van der Waals surface area contributed by atoms with E-state index < -0.39 is 0 Å². The molecule has 0 aromatic carbocycles. The second-order valence-electron chi connectivity index (χ2n) is 9.18. The van der Waals surface area contributed by atoms with E-state index in [2.05, 4.69) is 13.8 Å². The number of Topliss-reactive ketones (excluding diaryl/α,β-unsaturated/α-hetero) is 1. The highest BCUT2D eigenvalue weighted by Crippen LogP contribution is 2.65. The molecule has 4 saturated carbocycles. The summed E-state index contributed by atoms with van der Waals surface area (Å²) in [5, 5.41) is 20.5. The molecule has 4 aliphatic rings. The van der Waals surface area contributed by atoms with Crippen molar-refractivity contribution in [3.8, 4) is 0 Å². The molecule has 4 aliphatic carbocycles. The summed E-state index contributed by atoms with van der Waals surface area (Å²) in [6.45, 7) is 4.61. The number of hydrogen-bond acceptors (Lipinski definition) is 3. The van der Waals surface area contributed by atoms with Gasteiger partial charge in [-0.2, -0.15) is 0 Å². The summed E-state index contributed by atoms with van der Waals surface area (Å²) in [7, 11) is 0. The van der Waals surface area contributed by atoms with Crippen molar-refractivity contribution in [1.29, 1.82) is 0 Å². The third-order valence-corrected chi connectivity index (χ3v) is 8.39. The largest absolute Gasteiger partial charge is 0.393 e. The molecule has 124 valence electrons. The first-order valence-corrected chi connectivity index (χ1v) is 9.25. The van der Waals surface area contributed by atoms with Crippen molar-refractivity contribution in [3.05, 3.63) is 0 Å². The summed E-state index contributed by atoms with van der Waals surface area (Å²) in [6, 6.07) is 0. The second-order valence-corrected chi connectivity index (χ2v) is 9.18. The maximum Gasteiger partial charge on any atom is 0.136 e.